The summed E-state index contributed by atoms with van der Waals surface area (Å²) < 4.78 is 5.21. The molecule has 1 aromatic rings. The third-order valence-corrected chi connectivity index (χ3v) is 4.27. The van der Waals surface area contributed by atoms with Gasteiger partial charge in [-0.15, -0.1) is 0 Å². The zero-order valence-electron chi connectivity index (χ0n) is 13.4. The third kappa shape index (κ3) is 4.48. The van der Waals surface area contributed by atoms with Gasteiger partial charge in [-0.3, -0.25) is 4.79 Å². The first kappa shape index (κ1) is 15.9. The minimum Gasteiger partial charge on any atom is -0.497 e. The van der Waals surface area contributed by atoms with E-state index >= 15 is 0 Å². The van der Waals surface area contributed by atoms with Crippen LogP contribution in [0.4, 0.5) is 0 Å². The Bertz CT molecular complexity index is 447. The summed E-state index contributed by atoms with van der Waals surface area (Å²) in [7, 11) is 1.67. The lowest BCUT2D eigenvalue weighted by molar-refractivity contribution is -0.125. The molecule has 1 N–H and O–H groups in total. The second-order valence-corrected chi connectivity index (χ2v) is 6.45. The van der Waals surface area contributed by atoms with Crippen molar-refractivity contribution in [1.82, 2.24) is 5.32 Å². The fourth-order valence-corrected chi connectivity index (χ4v) is 3.06. The molecule has 0 unspecified atom stereocenters. The molecule has 0 aliphatic heterocycles. The molecule has 0 bridgehead atoms. The van der Waals surface area contributed by atoms with E-state index in [1.807, 2.05) is 12.1 Å². The number of benzene rings is 1. The van der Waals surface area contributed by atoms with Crippen LogP contribution in [0, 0.1) is 11.8 Å². The highest BCUT2D eigenvalue weighted by molar-refractivity contribution is 5.79. The van der Waals surface area contributed by atoms with Gasteiger partial charge in [0.25, 0.3) is 0 Å². The van der Waals surface area contributed by atoms with Gasteiger partial charge in [-0.2, -0.15) is 0 Å². The number of nitrogens with one attached hydrogen (secondary N) is 1. The highest BCUT2D eigenvalue weighted by Gasteiger charge is 2.25. The van der Waals surface area contributed by atoms with Crippen molar-refractivity contribution in [2.75, 3.05) is 7.11 Å². The first-order valence-corrected chi connectivity index (χ1v) is 8.04. The molecule has 0 aromatic heterocycles. The summed E-state index contributed by atoms with van der Waals surface area (Å²) in [6.45, 7) is 4.39. The van der Waals surface area contributed by atoms with Crippen molar-refractivity contribution in [2.24, 2.45) is 11.8 Å². The molecule has 1 aromatic carbocycles. The Labute approximate surface area is 128 Å². The summed E-state index contributed by atoms with van der Waals surface area (Å²) in [4.78, 5) is 12.4. The van der Waals surface area contributed by atoms with Crippen molar-refractivity contribution in [3.8, 4) is 5.75 Å². The summed E-state index contributed by atoms with van der Waals surface area (Å²) in [6, 6.07) is 8.14. The Balaban J connectivity index is 2.07. The van der Waals surface area contributed by atoms with Crippen LogP contribution < -0.4 is 10.1 Å². The van der Waals surface area contributed by atoms with Gasteiger partial charge in [0.05, 0.1) is 13.2 Å². The second-order valence-electron chi connectivity index (χ2n) is 6.45. The topological polar surface area (TPSA) is 38.3 Å². The molecule has 1 amide bonds. The van der Waals surface area contributed by atoms with E-state index in [1.54, 1.807) is 7.11 Å². The molecule has 21 heavy (non-hydrogen) atoms. The lowest BCUT2D eigenvalue weighted by atomic mass is 9.96. The van der Waals surface area contributed by atoms with E-state index in [0.717, 1.165) is 30.6 Å². The van der Waals surface area contributed by atoms with Crippen molar-refractivity contribution >= 4 is 5.91 Å². The van der Waals surface area contributed by atoms with Crippen LogP contribution >= 0.6 is 0 Å². The number of rotatable bonds is 6. The van der Waals surface area contributed by atoms with E-state index in [4.69, 9.17) is 4.74 Å². The quantitative estimate of drug-likeness (QED) is 0.856. The molecule has 1 aliphatic carbocycles. The first-order chi connectivity index (χ1) is 10.1. The van der Waals surface area contributed by atoms with E-state index < -0.39 is 0 Å². The normalized spacial score (nSPS) is 17.0. The molecule has 1 aliphatic rings. The van der Waals surface area contributed by atoms with Gasteiger partial charge in [0, 0.05) is 5.92 Å². The summed E-state index contributed by atoms with van der Waals surface area (Å²) >= 11 is 0. The Morgan fingerprint density at radius 3 is 2.38 bits per heavy atom. The van der Waals surface area contributed by atoms with E-state index in [9.17, 15) is 4.79 Å². The summed E-state index contributed by atoms with van der Waals surface area (Å²) in [6.07, 6.45) is 5.43. The van der Waals surface area contributed by atoms with Gasteiger partial charge < -0.3 is 10.1 Å². The number of hydrogen-bond donors (Lipinski definition) is 1. The van der Waals surface area contributed by atoms with Gasteiger partial charge in [0.1, 0.15) is 5.75 Å². The fourth-order valence-electron chi connectivity index (χ4n) is 3.06. The molecule has 0 saturated heterocycles. The highest BCUT2D eigenvalue weighted by atomic mass is 16.5. The van der Waals surface area contributed by atoms with E-state index in [2.05, 4.69) is 31.3 Å². The molecule has 0 spiro atoms. The highest BCUT2D eigenvalue weighted by Crippen LogP contribution is 2.28. The Kier molecular flexibility index (Phi) is 5.66. The van der Waals surface area contributed by atoms with Crippen molar-refractivity contribution in [2.45, 2.75) is 52.0 Å². The fraction of sp³-hybridized carbons (Fsp3) is 0.611. The molecule has 0 radical (unpaired) electrons. The van der Waals surface area contributed by atoms with Crippen LogP contribution in [-0.4, -0.2) is 13.0 Å². The van der Waals surface area contributed by atoms with Crippen molar-refractivity contribution in [3.05, 3.63) is 29.8 Å². The predicted molar refractivity (Wildman–Crippen MR) is 85.3 cm³/mol. The SMILES string of the molecule is COc1ccc([C@H](CC(C)C)NC(=O)C2CCCC2)cc1. The summed E-state index contributed by atoms with van der Waals surface area (Å²) in [5, 5.41) is 3.26. The number of amides is 1. The van der Waals surface area contributed by atoms with Crippen LogP contribution in [0.2, 0.25) is 0 Å². The maximum atomic E-state index is 12.4. The molecule has 0 heterocycles. The molecule has 3 heteroatoms. The van der Waals surface area contributed by atoms with Crippen LogP contribution in [0.1, 0.15) is 57.6 Å². The monoisotopic (exact) mass is 289 g/mol. The molecule has 2 rings (SSSR count). The first-order valence-electron chi connectivity index (χ1n) is 8.04. The Morgan fingerprint density at radius 1 is 1.24 bits per heavy atom. The number of hydrogen-bond acceptors (Lipinski definition) is 2. The molecule has 1 atom stereocenters. The van der Waals surface area contributed by atoms with Gasteiger partial charge in [-0.25, -0.2) is 0 Å². The minimum atomic E-state index is 0.101. The average Bonchev–Trinajstić information content (AvgIpc) is 3.00. The summed E-state index contributed by atoms with van der Waals surface area (Å²) in [5.74, 6) is 1.84. The predicted octanol–water partition coefficient (Wildman–Crippen LogP) is 4.09. The van der Waals surface area contributed by atoms with Gasteiger partial charge in [-0.05, 0) is 42.9 Å². The van der Waals surface area contributed by atoms with Crippen LogP contribution in [0.5, 0.6) is 5.75 Å². The van der Waals surface area contributed by atoms with Gasteiger partial charge in [0.15, 0.2) is 0 Å². The largest absolute Gasteiger partial charge is 0.497 e. The van der Waals surface area contributed by atoms with Crippen LogP contribution in [-0.2, 0) is 4.79 Å². The number of carbonyl (C=O) groups excluding carboxylic acids is 1. The second kappa shape index (κ2) is 7.48. The lowest BCUT2D eigenvalue weighted by Crippen LogP contribution is -2.33. The number of carbonyl (C=O) groups is 1. The smallest absolute Gasteiger partial charge is 0.223 e. The maximum Gasteiger partial charge on any atom is 0.223 e. The van der Waals surface area contributed by atoms with Gasteiger partial charge in [0.2, 0.25) is 5.91 Å². The zero-order chi connectivity index (χ0) is 15.2. The molecular formula is C18H27NO2. The summed E-state index contributed by atoms with van der Waals surface area (Å²) in [5.41, 5.74) is 1.16. The molecule has 1 fully saturated rings. The zero-order valence-corrected chi connectivity index (χ0v) is 13.4. The van der Waals surface area contributed by atoms with Crippen LogP contribution in [0.3, 0.4) is 0 Å². The van der Waals surface area contributed by atoms with Crippen molar-refractivity contribution in [1.29, 1.82) is 0 Å². The van der Waals surface area contributed by atoms with Gasteiger partial charge in [-0.1, -0.05) is 38.8 Å². The number of ether oxygens (including phenoxy) is 1. The van der Waals surface area contributed by atoms with Crippen LogP contribution in [0.25, 0.3) is 0 Å². The maximum absolute atomic E-state index is 12.4. The minimum absolute atomic E-state index is 0.101. The van der Waals surface area contributed by atoms with Crippen molar-refractivity contribution < 1.29 is 9.53 Å². The average molecular weight is 289 g/mol. The Hall–Kier alpha value is -1.51. The molecule has 3 nitrogen and oxygen atoms in total. The Morgan fingerprint density at radius 2 is 1.86 bits per heavy atom. The van der Waals surface area contributed by atoms with Crippen molar-refractivity contribution in [3.63, 3.8) is 0 Å². The standard InChI is InChI=1S/C18H27NO2/c1-13(2)12-17(14-8-10-16(21-3)11-9-14)19-18(20)15-6-4-5-7-15/h8-11,13,15,17H,4-7,12H2,1-3H3,(H,19,20)/t17-/m0/s1. The van der Waals surface area contributed by atoms with Crippen LogP contribution in [0.15, 0.2) is 24.3 Å². The molecule has 116 valence electrons. The number of methoxy groups -OCH3 is 1. The molecule has 1 saturated carbocycles. The van der Waals surface area contributed by atoms with E-state index in [0.29, 0.717) is 5.92 Å². The van der Waals surface area contributed by atoms with Gasteiger partial charge >= 0.3 is 0 Å². The lowest BCUT2D eigenvalue weighted by Gasteiger charge is -2.23. The third-order valence-electron chi connectivity index (χ3n) is 4.27. The molecular weight excluding hydrogens is 262 g/mol. The van der Waals surface area contributed by atoms with E-state index in [1.165, 1.54) is 12.8 Å². The van der Waals surface area contributed by atoms with E-state index in [-0.39, 0.29) is 17.9 Å².